The summed E-state index contributed by atoms with van der Waals surface area (Å²) in [6.07, 6.45) is 9.11. The maximum absolute atomic E-state index is 5.81. The molecule has 2 aliphatic carbocycles. The molecule has 3 aliphatic rings. The molecule has 3 rings (SSSR count). The molecule has 1 nitrogen and oxygen atoms in total. The van der Waals surface area contributed by atoms with Crippen molar-refractivity contribution in [3.05, 3.63) is 24.3 Å². The van der Waals surface area contributed by atoms with E-state index in [4.69, 9.17) is 4.74 Å². The van der Waals surface area contributed by atoms with Crippen molar-refractivity contribution < 1.29 is 4.74 Å². The summed E-state index contributed by atoms with van der Waals surface area (Å²) in [7, 11) is 0. The molecule has 1 saturated heterocycles. The molecule has 58 valence electrons. The molecule has 0 radical (unpaired) electrons. The van der Waals surface area contributed by atoms with E-state index >= 15 is 0 Å². The Balaban J connectivity index is 2.07. The van der Waals surface area contributed by atoms with Gasteiger partial charge in [0.25, 0.3) is 0 Å². The van der Waals surface area contributed by atoms with Crippen LogP contribution < -0.4 is 0 Å². The van der Waals surface area contributed by atoms with Crippen molar-refractivity contribution in [2.75, 3.05) is 0 Å². The Kier molecular flexibility index (Phi) is 0.730. The van der Waals surface area contributed by atoms with Crippen LogP contribution >= 0.6 is 0 Å². The highest BCUT2D eigenvalue weighted by Crippen LogP contribution is 2.64. The summed E-state index contributed by atoms with van der Waals surface area (Å²) in [4.78, 5) is 0. The standard InChI is InChI=1S/C10H12O/c1-9(2)10(11-9)7-3-4-8(10)6-5-7/h3-8H,1-2H3. The van der Waals surface area contributed by atoms with E-state index in [1.54, 1.807) is 0 Å². The first-order chi connectivity index (χ1) is 5.17. The normalized spacial score (nSPS) is 54.4. The summed E-state index contributed by atoms with van der Waals surface area (Å²) in [6, 6.07) is 0. The fourth-order valence-corrected chi connectivity index (χ4v) is 2.74. The van der Waals surface area contributed by atoms with Crippen molar-refractivity contribution in [3.63, 3.8) is 0 Å². The largest absolute Gasteiger partial charge is 0.361 e. The van der Waals surface area contributed by atoms with Gasteiger partial charge in [0.05, 0.1) is 5.60 Å². The van der Waals surface area contributed by atoms with Gasteiger partial charge in [-0.15, -0.1) is 0 Å². The first-order valence-corrected chi connectivity index (χ1v) is 4.24. The van der Waals surface area contributed by atoms with Gasteiger partial charge in [0.15, 0.2) is 0 Å². The quantitative estimate of drug-likeness (QED) is 0.377. The number of ether oxygens (including phenoxy) is 1. The molecule has 0 aromatic heterocycles. The molecule has 0 atom stereocenters. The minimum atomic E-state index is 0.106. The first kappa shape index (κ1) is 6.01. The summed E-state index contributed by atoms with van der Waals surface area (Å²) in [5, 5.41) is 0. The van der Waals surface area contributed by atoms with Gasteiger partial charge in [-0.1, -0.05) is 24.3 Å². The molecule has 2 bridgehead atoms. The number of hydrogen-bond donors (Lipinski definition) is 0. The molecule has 0 N–H and O–H groups in total. The Morgan fingerprint density at radius 3 is 1.55 bits per heavy atom. The number of hydrogen-bond acceptors (Lipinski definition) is 1. The Morgan fingerprint density at radius 1 is 1.00 bits per heavy atom. The van der Waals surface area contributed by atoms with Crippen LogP contribution in [0.4, 0.5) is 0 Å². The lowest BCUT2D eigenvalue weighted by Gasteiger charge is -2.12. The molecule has 1 fully saturated rings. The van der Waals surface area contributed by atoms with Gasteiger partial charge in [0, 0.05) is 11.8 Å². The first-order valence-electron chi connectivity index (χ1n) is 4.24. The molecule has 0 amide bonds. The lowest BCUT2D eigenvalue weighted by atomic mass is 9.84. The molecule has 0 aromatic rings. The minimum Gasteiger partial charge on any atom is -0.361 e. The monoisotopic (exact) mass is 148 g/mol. The van der Waals surface area contributed by atoms with E-state index in [0.717, 1.165) is 0 Å². The summed E-state index contributed by atoms with van der Waals surface area (Å²) in [5.74, 6) is 1.12. The van der Waals surface area contributed by atoms with Gasteiger partial charge >= 0.3 is 0 Å². The lowest BCUT2D eigenvalue weighted by molar-refractivity contribution is 0.250. The van der Waals surface area contributed by atoms with Crippen molar-refractivity contribution in [3.8, 4) is 0 Å². The second-order valence-corrected chi connectivity index (χ2v) is 4.23. The van der Waals surface area contributed by atoms with Crippen molar-refractivity contribution in [1.82, 2.24) is 0 Å². The zero-order chi connectivity index (χ0) is 7.69. The maximum Gasteiger partial charge on any atom is 0.117 e. The third-order valence-electron chi connectivity index (χ3n) is 3.37. The highest BCUT2D eigenvalue weighted by molar-refractivity contribution is 5.41. The van der Waals surface area contributed by atoms with E-state index in [2.05, 4.69) is 38.2 Å². The van der Waals surface area contributed by atoms with E-state index in [1.165, 1.54) is 0 Å². The van der Waals surface area contributed by atoms with E-state index in [9.17, 15) is 0 Å². The second-order valence-electron chi connectivity index (χ2n) is 4.23. The van der Waals surface area contributed by atoms with Crippen molar-refractivity contribution in [2.45, 2.75) is 25.0 Å². The lowest BCUT2D eigenvalue weighted by Crippen LogP contribution is -2.27. The molecule has 0 saturated carbocycles. The van der Waals surface area contributed by atoms with Gasteiger partial charge in [-0.25, -0.2) is 0 Å². The van der Waals surface area contributed by atoms with Gasteiger partial charge in [0.1, 0.15) is 5.60 Å². The number of rotatable bonds is 0. The second kappa shape index (κ2) is 1.34. The summed E-state index contributed by atoms with van der Waals surface area (Å²) < 4.78 is 5.81. The van der Waals surface area contributed by atoms with Crippen LogP contribution in [-0.2, 0) is 4.74 Å². The van der Waals surface area contributed by atoms with Crippen LogP contribution in [0.25, 0.3) is 0 Å². The third kappa shape index (κ3) is 0.441. The summed E-state index contributed by atoms with van der Waals surface area (Å²) >= 11 is 0. The summed E-state index contributed by atoms with van der Waals surface area (Å²) in [6.45, 7) is 4.38. The SMILES string of the molecule is CC1(C)OC12C1C=CC2C=C1. The van der Waals surface area contributed by atoms with Crippen LogP contribution in [0.2, 0.25) is 0 Å². The van der Waals surface area contributed by atoms with Crippen LogP contribution in [0.3, 0.4) is 0 Å². The Morgan fingerprint density at radius 2 is 1.36 bits per heavy atom. The topological polar surface area (TPSA) is 12.5 Å². The van der Waals surface area contributed by atoms with Crippen molar-refractivity contribution >= 4 is 0 Å². The average Bonchev–Trinajstić information content (AvgIpc) is 2.31. The smallest absolute Gasteiger partial charge is 0.117 e. The van der Waals surface area contributed by atoms with E-state index in [-0.39, 0.29) is 11.2 Å². The predicted molar refractivity (Wildman–Crippen MR) is 43.2 cm³/mol. The van der Waals surface area contributed by atoms with Gasteiger partial charge in [0.2, 0.25) is 0 Å². The summed E-state index contributed by atoms with van der Waals surface area (Å²) in [5.41, 5.74) is 0.252. The molecule has 1 heterocycles. The highest BCUT2D eigenvalue weighted by atomic mass is 16.6. The predicted octanol–water partition coefficient (Wildman–Crippen LogP) is 1.91. The van der Waals surface area contributed by atoms with Gasteiger partial charge < -0.3 is 4.74 Å². The average molecular weight is 148 g/mol. The van der Waals surface area contributed by atoms with E-state index in [1.807, 2.05) is 0 Å². The van der Waals surface area contributed by atoms with E-state index in [0.29, 0.717) is 11.8 Å². The van der Waals surface area contributed by atoms with Gasteiger partial charge in [-0.3, -0.25) is 0 Å². The van der Waals surface area contributed by atoms with E-state index < -0.39 is 0 Å². The molecule has 1 aliphatic heterocycles. The molecule has 0 aromatic carbocycles. The van der Waals surface area contributed by atoms with Crippen LogP contribution in [0.5, 0.6) is 0 Å². The Labute approximate surface area is 66.7 Å². The molecular formula is C10H12O. The van der Waals surface area contributed by atoms with Gasteiger partial charge in [-0.2, -0.15) is 0 Å². The van der Waals surface area contributed by atoms with Crippen molar-refractivity contribution in [1.29, 1.82) is 0 Å². The van der Waals surface area contributed by atoms with Gasteiger partial charge in [-0.05, 0) is 13.8 Å². The molecule has 0 unspecified atom stereocenters. The fraction of sp³-hybridized carbons (Fsp3) is 0.600. The van der Waals surface area contributed by atoms with Crippen LogP contribution in [-0.4, -0.2) is 11.2 Å². The molecule has 1 spiro atoms. The van der Waals surface area contributed by atoms with Crippen molar-refractivity contribution in [2.24, 2.45) is 11.8 Å². The molecule has 1 heteroatoms. The van der Waals surface area contributed by atoms with Crippen LogP contribution in [0, 0.1) is 11.8 Å². The fourth-order valence-electron chi connectivity index (χ4n) is 2.74. The minimum absolute atomic E-state index is 0.106. The Bertz CT molecular complexity index is 243. The number of epoxide rings is 1. The highest BCUT2D eigenvalue weighted by Gasteiger charge is 2.72. The zero-order valence-electron chi connectivity index (χ0n) is 6.87. The zero-order valence-corrected chi connectivity index (χ0v) is 6.87. The molecule has 11 heavy (non-hydrogen) atoms. The van der Waals surface area contributed by atoms with Crippen LogP contribution in [0.1, 0.15) is 13.8 Å². The third-order valence-corrected chi connectivity index (χ3v) is 3.37. The molecular weight excluding hydrogens is 136 g/mol. The maximum atomic E-state index is 5.81. The Hall–Kier alpha value is -0.560. The van der Waals surface area contributed by atoms with Crippen LogP contribution in [0.15, 0.2) is 24.3 Å².